The minimum Gasteiger partial charge on any atom is -0.457 e. The molecule has 1 aromatic rings. The molecule has 0 amide bonds. The minimum absolute atomic E-state index is 0.100. The van der Waals surface area contributed by atoms with Crippen molar-refractivity contribution in [3.05, 3.63) is 35.9 Å². The number of rotatable bonds is 8. The molecule has 0 bridgehead atoms. The van der Waals surface area contributed by atoms with Crippen molar-refractivity contribution in [1.82, 2.24) is 0 Å². The van der Waals surface area contributed by atoms with Crippen LogP contribution in [0.15, 0.2) is 30.3 Å². The lowest BCUT2D eigenvalue weighted by Gasteiger charge is -2.49. The zero-order valence-electron chi connectivity index (χ0n) is 23.3. The van der Waals surface area contributed by atoms with Gasteiger partial charge in [0.2, 0.25) is 0 Å². The molecule has 14 heteroatoms. The summed E-state index contributed by atoms with van der Waals surface area (Å²) in [6.07, 6.45) is -10.8. The predicted octanol–water partition coefficient (Wildman–Crippen LogP) is 0.940. The monoisotopic (exact) mass is 582 g/mol. The molecule has 41 heavy (non-hydrogen) atoms. The van der Waals surface area contributed by atoms with E-state index >= 15 is 0 Å². The molecule has 14 nitrogen and oxygen atoms in total. The van der Waals surface area contributed by atoms with E-state index in [1.54, 1.807) is 0 Å². The second kappa shape index (κ2) is 13.7. The van der Waals surface area contributed by atoms with Crippen molar-refractivity contribution < 1.29 is 66.5 Å². The Labute approximate surface area is 236 Å². The maximum absolute atomic E-state index is 12.2. The Kier molecular flexibility index (Phi) is 10.3. The summed E-state index contributed by atoms with van der Waals surface area (Å²) in [5.74, 6) is -2.75. The van der Waals surface area contributed by atoms with E-state index in [2.05, 4.69) is 0 Å². The first-order chi connectivity index (χ1) is 19.6. The van der Waals surface area contributed by atoms with Gasteiger partial charge in [0.1, 0.15) is 12.2 Å². The van der Waals surface area contributed by atoms with E-state index in [4.69, 9.17) is 47.4 Å². The Hall–Kier alpha value is -3.14. The van der Waals surface area contributed by atoms with Gasteiger partial charge in [0.25, 0.3) is 0 Å². The topological polar surface area (TPSA) is 161 Å². The molecule has 3 aliphatic rings. The Morgan fingerprint density at radius 2 is 1.29 bits per heavy atom. The number of carbonyl (C=O) groups is 4. The van der Waals surface area contributed by atoms with Crippen LogP contribution in [0, 0.1) is 0 Å². The van der Waals surface area contributed by atoms with E-state index < -0.39 is 85.5 Å². The van der Waals surface area contributed by atoms with Gasteiger partial charge in [-0.05, 0) is 0 Å². The fraction of sp³-hybridized carbons (Fsp3) is 0.630. The summed E-state index contributed by atoms with van der Waals surface area (Å²) in [4.78, 5) is 47.9. The molecule has 0 N–H and O–H groups in total. The summed E-state index contributed by atoms with van der Waals surface area (Å²) >= 11 is 0. The SMILES string of the molecule is CO[C@H]1O[C@H]2CO[C@@H](c3ccccc3)O[C@H]2[C@@H](OC(C)=O)[C@@H]1O[C@H]1OC[C@@H](OC(C)=O)[C@H](OC(C)=O)[C@H]1OC(C)=O. The van der Waals surface area contributed by atoms with Crippen LogP contribution in [-0.2, 0) is 66.5 Å². The molecule has 0 radical (unpaired) electrons. The van der Waals surface area contributed by atoms with E-state index in [1.165, 1.54) is 21.0 Å². The van der Waals surface area contributed by atoms with Crippen molar-refractivity contribution >= 4 is 23.9 Å². The summed E-state index contributed by atoms with van der Waals surface area (Å²) in [5, 5.41) is 0. The molecule has 0 aliphatic carbocycles. The van der Waals surface area contributed by atoms with Crippen LogP contribution in [0.3, 0.4) is 0 Å². The lowest BCUT2D eigenvalue weighted by molar-refractivity contribution is -0.385. The number of ether oxygens (including phenoxy) is 10. The van der Waals surface area contributed by atoms with Crippen LogP contribution in [0.1, 0.15) is 39.5 Å². The molecule has 1 aromatic carbocycles. The van der Waals surface area contributed by atoms with Crippen LogP contribution in [0.25, 0.3) is 0 Å². The van der Waals surface area contributed by atoms with E-state index in [-0.39, 0.29) is 13.2 Å². The average molecular weight is 583 g/mol. The lowest BCUT2D eigenvalue weighted by atomic mass is 9.96. The van der Waals surface area contributed by atoms with Gasteiger partial charge < -0.3 is 47.4 Å². The quantitative estimate of drug-likeness (QED) is 0.315. The maximum atomic E-state index is 12.2. The third-order valence-electron chi connectivity index (χ3n) is 6.49. The largest absolute Gasteiger partial charge is 0.457 e. The normalized spacial score (nSPS) is 35.0. The highest BCUT2D eigenvalue weighted by Crippen LogP contribution is 2.38. The van der Waals surface area contributed by atoms with Crippen molar-refractivity contribution in [3.63, 3.8) is 0 Å². The van der Waals surface area contributed by atoms with Crippen LogP contribution in [0.4, 0.5) is 0 Å². The highest BCUT2D eigenvalue weighted by molar-refractivity contribution is 5.68. The molecule has 0 spiro atoms. The summed E-state index contributed by atoms with van der Waals surface area (Å²) in [6, 6.07) is 9.18. The third-order valence-corrected chi connectivity index (χ3v) is 6.49. The molecular formula is C27H34O14. The van der Waals surface area contributed by atoms with Gasteiger partial charge in [0.05, 0.1) is 13.2 Å². The number of hydrogen-bond acceptors (Lipinski definition) is 14. The Balaban J connectivity index is 1.63. The highest BCUT2D eigenvalue weighted by atomic mass is 16.8. The summed E-state index contributed by atoms with van der Waals surface area (Å²) < 4.78 is 57.5. The summed E-state index contributed by atoms with van der Waals surface area (Å²) in [5.41, 5.74) is 0.741. The molecule has 3 aliphatic heterocycles. The first-order valence-corrected chi connectivity index (χ1v) is 13.0. The smallest absolute Gasteiger partial charge is 0.303 e. The Morgan fingerprint density at radius 1 is 0.683 bits per heavy atom. The number of carbonyl (C=O) groups excluding carboxylic acids is 4. The molecule has 10 atom stereocenters. The van der Waals surface area contributed by atoms with Gasteiger partial charge in [-0.3, -0.25) is 19.2 Å². The highest BCUT2D eigenvalue weighted by Gasteiger charge is 2.56. The van der Waals surface area contributed by atoms with Gasteiger partial charge in [-0.2, -0.15) is 0 Å². The molecule has 3 saturated heterocycles. The molecule has 226 valence electrons. The minimum atomic E-state index is -1.39. The second-order valence-corrected chi connectivity index (χ2v) is 9.63. The van der Waals surface area contributed by atoms with Crippen molar-refractivity contribution in [2.45, 2.75) is 89.3 Å². The Morgan fingerprint density at radius 3 is 1.90 bits per heavy atom. The number of hydrogen-bond donors (Lipinski definition) is 0. The summed E-state index contributed by atoms with van der Waals surface area (Å²) in [7, 11) is 1.37. The van der Waals surface area contributed by atoms with E-state index in [1.807, 2.05) is 30.3 Å². The van der Waals surface area contributed by atoms with Crippen LogP contribution in [0.2, 0.25) is 0 Å². The molecule has 0 unspecified atom stereocenters. The number of methoxy groups -OCH3 is 1. The fourth-order valence-electron chi connectivity index (χ4n) is 4.97. The van der Waals surface area contributed by atoms with Gasteiger partial charge in [-0.15, -0.1) is 0 Å². The van der Waals surface area contributed by atoms with Gasteiger partial charge in [0, 0.05) is 40.4 Å². The standard InChI is InChI=1S/C27H34O14/c1-13(28)35-18-11-34-27(23(38-16(4)31)21(18)36-14(2)29)41-24-22(37-15(3)30)20-19(39-26(24)32-5)12-33-25(40-20)17-9-7-6-8-10-17/h6-10,18-27H,11-12H2,1-5H3/t18-,19+,20-,21+,22-,23-,24+,25-,26+,27-/m1/s1. The van der Waals surface area contributed by atoms with E-state index in [0.717, 1.165) is 19.4 Å². The van der Waals surface area contributed by atoms with Crippen LogP contribution >= 0.6 is 0 Å². The predicted molar refractivity (Wildman–Crippen MR) is 133 cm³/mol. The number of benzene rings is 1. The molecule has 0 saturated carbocycles. The van der Waals surface area contributed by atoms with Crippen LogP contribution in [0.5, 0.6) is 0 Å². The van der Waals surface area contributed by atoms with Gasteiger partial charge in [0.15, 0.2) is 49.4 Å². The molecule has 3 heterocycles. The van der Waals surface area contributed by atoms with Crippen LogP contribution < -0.4 is 0 Å². The molecular weight excluding hydrogens is 548 g/mol. The van der Waals surface area contributed by atoms with Crippen molar-refractivity contribution in [2.75, 3.05) is 20.3 Å². The zero-order valence-corrected chi connectivity index (χ0v) is 23.3. The van der Waals surface area contributed by atoms with Crippen molar-refractivity contribution in [2.24, 2.45) is 0 Å². The fourth-order valence-corrected chi connectivity index (χ4v) is 4.97. The second-order valence-electron chi connectivity index (χ2n) is 9.63. The molecule has 4 rings (SSSR count). The van der Waals surface area contributed by atoms with Gasteiger partial charge in [-0.25, -0.2) is 0 Å². The van der Waals surface area contributed by atoms with Crippen molar-refractivity contribution in [3.8, 4) is 0 Å². The average Bonchev–Trinajstić information content (AvgIpc) is 2.92. The number of fused-ring (bicyclic) bond motifs is 1. The summed E-state index contributed by atoms with van der Waals surface area (Å²) in [6.45, 7) is 4.54. The zero-order chi connectivity index (χ0) is 29.7. The van der Waals surface area contributed by atoms with E-state index in [9.17, 15) is 19.2 Å². The van der Waals surface area contributed by atoms with E-state index in [0.29, 0.717) is 0 Å². The third kappa shape index (κ3) is 7.58. The first kappa shape index (κ1) is 30.8. The van der Waals surface area contributed by atoms with Gasteiger partial charge in [-0.1, -0.05) is 30.3 Å². The first-order valence-electron chi connectivity index (χ1n) is 13.0. The maximum Gasteiger partial charge on any atom is 0.303 e. The van der Waals surface area contributed by atoms with Gasteiger partial charge >= 0.3 is 23.9 Å². The molecule has 3 fully saturated rings. The van der Waals surface area contributed by atoms with Crippen molar-refractivity contribution in [1.29, 1.82) is 0 Å². The lowest BCUT2D eigenvalue weighted by Crippen LogP contribution is -2.66. The Bertz CT molecular complexity index is 1080. The number of esters is 4. The molecule has 0 aromatic heterocycles. The van der Waals surface area contributed by atoms with Crippen LogP contribution in [-0.4, -0.2) is 99.5 Å².